The van der Waals surface area contributed by atoms with Crippen LogP contribution in [0.3, 0.4) is 0 Å². The van der Waals surface area contributed by atoms with Gasteiger partial charge in [0.2, 0.25) is 0 Å². The molecule has 1 aromatic carbocycles. The van der Waals surface area contributed by atoms with Gasteiger partial charge in [0.05, 0.1) is 0 Å². The summed E-state index contributed by atoms with van der Waals surface area (Å²) >= 11 is 0. The Balaban J connectivity index is 2.43. The van der Waals surface area contributed by atoms with Gasteiger partial charge in [0.25, 0.3) is 11.8 Å². The molecule has 0 aliphatic heterocycles. The monoisotopic (exact) mass is 346 g/mol. The van der Waals surface area contributed by atoms with E-state index in [1.807, 2.05) is 33.8 Å². The lowest BCUT2D eigenvalue weighted by molar-refractivity contribution is -0.150. The number of rotatable bonds is 8. The van der Waals surface area contributed by atoms with Crippen molar-refractivity contribution in [3.8, 4) is 0 Å². The van der Waals surface area contributed by atoms with E-state index in [9.17, 15) is 14.4 Å². The predicted molar refractivity (Wildman–Crippen MR) is 96.3 cm³/mol. The molecular formula is C19H26N2O4. The lowest BCUT2D eigenvalue weighted by atomic mass is 10.1. The van der Waals surface area contributed by atoms with Crippen LogP contribution in [0.1, 0.15) is 35.3 Å². The van der Waals surface area contributed by atoms with Gasteiger partial charge in [-0.15, -0.1) is 0 Å². The van der Waals surface area contributed by atoms with Crippen molar-refractivity contribution < 1.29 is 19.1 Å². The number of likely N-dealkylation sites (N-methyl/N-ethyl adjacent to an activating group) is 1. The molecule has 0 unspecified atom stereocenters. The van der Waals surface area contributed by atoms with Gasteiger partial charge in [-0.3, -0.25) is 14.4 Å². The van der Waals surface area contributed by atoms with Crippen LogP contribution in [0.4, 0.5) is 0 Å². The van der Waals surface area contributed by atoms with Gasteiger partial charge in [-0.2, -0.15) is 0 Å². The van der Waals surface area contributed by atoms with Crippen LogP contribution >= 0.6 is 0 Å². The highest BCUT2D eigenvalue weighted by Gasteiger charge is 2.15. The van der Waals surface area contributed by atoms with Crippen LogP contribution < -0.4 is 5.32 Å². The molecule has 1 aromatic rings. The molecule has 0 bridgehead atoms. The number of carbonyl (C=O) groups is 3. The van der Waals surface area contributed by atoms with E-state index in [1.54, 1.807) is 17.0 Å². The van der Waals surface area contributed by atoms with E-state index in [0.717, 1.165) is 16.7 Å². The zero-order valence-corrected chi connectivity index (χ0v) is 15.3. The van der Waals surface area contributed by atoms with Crippen molar-refractivity contribution in [1.29, 1.82) is 0 Å². The minimum Gasteiger partial charge on any atom is -0.454 e. The first-order valence-corrected chi connectivity index (χ1v) is 8.17. The Kier molecular flexibility index (Phi) is 7.85. The van der Waals surface area contributed by atoms with Gasteiger partial charge in [0, 0.05) is 18.7 Å². The van der Waals surface area contributed by atoms with Gasteiger partial charge >= 0.3 is 5.97 Å². The number of esters is 1. The molecule has 0 atom stereocenters. The quantitative estimate of drug-likeness (QED) is 0.577. The Hall–Kier alpha value is -2.63. The highest BCUT2D eigenvalue weighted by atomic mass is 16.5. The summed E-state index contributed by atoms with van der Waals surface area (Å²) in [5.74, 6) is -1.31. The number of benzene rings is 1. The molecule has 0 saturated heterocycles. The van der Waals surface area contributed by atoms with Gasteiger partial charge in [-0.1, -0.05) is 18.2 Å². The van der Waals surface area contributed by atoms with Crippen LogP contribution in [0.25, 0.3) is 0 Å². The number of ether oxygens (including phenoxy) is 1. The second-order valence-corrected chi connectivity index (χ2v) is 6.01. The number of amides is 2. The minimum absolute atomic E-state index is 0.286. The van der Waals surface area contributed by atoms with E-state index < -0.39 is 5.97 Å². The van der Waals surface area contributed by atoms with Gasteiger partial charge < -0.3 is 15.0 Å². The van der Waals surface area contributed by atoms with E-state index in [-0.39, 0.29) is 25.0 Å². The predicted octanol–water partition coefficient (Wildman–Crippen LogP) is 2.00. The summed E-state index contributed by atoms with van der Waals surface area (Å²) in [6, 6.07) is 5.31. The molecule has 0 saturated carbocycles. The Morgan fingerprint density at radius 3 is 2.44 bits per heavy atom. The fourth-order valence-electron chi connectivity index (χ4n) is 2.12. The number of carbonyl (C=O) groups excluding carboxylic acids is 3. The average Bonchev–Trinajstić information content (AvgIpc) is 2.57. The SMILES string of the molecule is C=C(C)CN(CC)C(=O)COC(=O)CNC(=O)c1ccc(C)c(C)c1. The van der Waals surface area contributed by atoms with Crippen LogP contribution in [0.5, 0.6) is 0 Å². The minimum atomic E-state index is -0.656. The molecule has 0 aliphatic carbocycles. The largest absolute Gasteiger partial charge is 0.454 e. The van der Waals surface area contributed by atoms with Crippen molar-refractivity contribution in [3.05, 3.63) is 47.0 Å². The first kappa shape index (κ1) is 20.4. The second kappa shape index (κ2) is 9.61. The summed E-state index contributed by atoms with van der Waals surface area (Å²) in [5.41, 5.74) is 3.41. The van der Waals surface area contributed by atoms with Crippen molar-refractivity contribution in [2.45, 2.75) is 27.7 Å². The summed E-state index contributed by atoms with van der Waals surface area (Å²) in [6.45, 7) is 11.6. The second-order valence-electron chi connectivity index (χ2n) is 6.01. The molecule has 2 amide bonds. The topological polar surface area (TPSA) is 75.7 Å². The van der Waals surface area contributed by atoms with Gasteiger partial charge in [-0.05, 0) is 51.0 Å². The van der Waals surface area contributed by atoms with E-state index in [4.69, 9.17) is 4.74 Å². The maximum Gasteiger partial charge on any atom is 0.325 e. The van der Waals surface area contributed by atoms with E-state index in [0.29, 0.717) is 18.7 Å². The molecule has 0 fully saturated rings. The standard InChI is InChI=1S/C19H26N2O4/c1-6-21(11-13(2)3)17(22)12-25-18(23)10-20-19(24)16-8-7-14(4)15(5)9-16/h7-9H,2,6,10-12H2,1,3-5H3,(H,20,24). The fourth-order valence-corrected chi connectivity index (χ4v) is 2.12. The van der Waals surface area contributed by atoms with Crippen molar-refractivity contribution >= 4 is 17.8 Å². The van der Waals surface area contributed by atoms with Crippen molar-refractivity contribution in [2.75, 3.05) is 26.2 Å². The van der Waals surface area contributed by atoms with Crippen LogP contribution in [-0.4, -0.2) is 48.9 Å². The molecule has 136 valence electrons. The number of hydrogen-bond donors (Lipinski definition) is 1. The first-order chi connectivity index (χ1) is 11.7. The zero-order chi connectivity index (χ0) is 19.0. The van der Waals surface area contributed by atoms with Crippen LogP contribution in [0, 0.1) is 13.8 Å². The Morgan fingerprint density at radius 1 is 1.20 bits per heavy atom. The number of hydrogen-bond acceptors (Lipinski definition) is 4. The maximum absolute atomic E-state index is 12.0. The Morgan fingerprint density at radius 2 is 1.88 bits per heavy atom. The molecule has 0 aliphatic rings. The summed E-state index contributed by atoms with van der Waals surface area (Å²) in [5, 5.41) is 2.49. The van der Waals surface area contributed by atoms with Crippen molar-refractivity contribution in [2.24, 2.45) is 0 Å². The smallest absolute Gasteiger partial charge is 0.325 e. The number of aryl methyl sites for hydroxylation is 2. The summed E-state index contributed by atoms with van der Waals surface area (Å²) in [6.07, 6.45) is 0. The van der Waals surface area contributed by atoms with E-state index in [2.05, 4.69) is 11.9 Å². The Bertz CT molecular complexity index is 667. The number of nitrogens with zero attached hydrogens (tertiary/aromatic N) is 1. The molecule has 0 aromatic heterocycles. The molecule has 1 rings (SSSR count). The normalized spacial score (nSPS) is 10.1. The lowest BCUT2D eigenvalue weighted by Crippen LogP contribution is -2.37. The third kappa shape index (κ3) is 6.79. The molecule has 0 radical (unpaired) electrons. The third-order valence-corrected chi connectivity index (χ3v) is 3.71. The van der Waals surface area contributed by atoms with Crippen molar-refractivity contribution in [3.63, 3.8) is 0 Å². The zero-order valence-electron chi connectivity index (χ0n) is 15.3. The van der Waals surface area contributed by atoms with Gasteiger partial charge in [0.15, 0.2) is 6.61 Å². The first-order valence-electron chi connectivity index (χ1n) is 8.17. The molecule has 0 spiro atoms. The molecule has 0 heterocycles. The highest BCUT2D eigenvalue weighted by molar-refractivity contribution is 5.96. The third-order valence-electron chi connectivity index (χ3n) is 3.71. The van der Waals surface area contributed by atoms with Crippen LogP contribution in [0.2, 0.25) is 0 Å². The summed E-state index contributed by atoms with van der Waals surface area (Å²) < 4.78 is 4.92. The van der Waals surface area contributed by atoms with Crippen LogP contribution in [-0.2, 0) is 14.3 Å². The molecule has 6 heteroatoms. The Labute approximate surface area is 148 Å². The summed E-state index contributed by atoms with van der Waals surface area (Å²) in [4.78, 5) is 37.2. The molecule has 6 nitrogen and oxygen atoms in total. The average molecular weight is 346 g/mol. The van der Waals surface area contributed by atoms with E-state index in [1.165, 1.54) is 0 Å². The maximum atomic E-state index is 12.0. The number of nitrogens with one attached hydrogen (secondary N) is 1. The summed E-state index contributed by atoms with van der Waals surface area (Å²) in [7, 11) is 0. The van der Waals surface area contributed by atoms with Gasteiger partial charge in [-0.25, -0.2) is 0 Å². The lowest BCUT2D eigenvalue weighted by Gasteiger charge is -2.20. The van der Waals surface area contributed by atoms with E-state index >= 15 is 0 Å². The van der Waals surface area contributed by atoms with Crippen LogP contribution in [0.15, 0.2) is 30.4 Å². The highest BCUT2D eigenvalue weighted by Crippen LogP contribution is 2.09. The van der Waals surface area contributed by atoms with Gasteiger partial charge in [0.1, 0.15) is 6.54 Å². The molecular weight excluding hydrogens is 320 g/mol. The molecule has 25 heavy (non-hydrogen) atoms. The fraction of sp³-hybridized carbons (Fsp3) is 0.421. The molecule has 1 N–H and O–H groups in total. The van der Waals surface area contributed by atoms with Crippen molar-refractivity contribution in [1.82, 2.24) is 10.2 Å².